The number of rotatable bonds is 10. The molecule has 128 valence electrons. The van der Waals surface area contributed by atoms with Crippen molar-refractivity contribution in [2.45, 2.75) is 38.8 Å². The summed E-state index contributed by atoms with van der Waals surface area (Å²) in [6.07, 6.45) is 1.61. The van der Waals surface area contributed by atoms with E-state index in [2.05, 4.69) is 17.4 Å². The normalized spacial score (nSPS) is 11.9. The lowest BCUT2D eigenvalue weighted by Gasteiger charge is -2.18. The van der Waals surface area contributed by atoms with E-state index >= 15 is 0 Å². The van der Waals surface area contributed by atoms with Gasteiger partial charge in [0.1, 0.15) is 5.75 Å². The summed E-state index contributed by atoms with van der Waals surface area (Å²) < 4.78 is 5.44. The summed E-state index contributed by atoms with van der Waals surface area (Å²) in [6.45, 7) is 3.33. The highest BCUT2D eigenvalue weighted by atomic mass is 16.5. The Morgan fingerprint density at radius 2 is 1.79 bits per heavy atom. The van der Waals surface area contributed by atoms with Gasteiger partial charge < -0.3 is 15.2 Å². The molecule has 1 unspecified atom stereocenters. The zero-order valence-electron chi connectivity index (χ0n) is 14.1. The van der Waals surface area contributed by atoms with E-state index in [1.54, 1.807) is 0 Å². The molecule has 2 rings (SSSR count). The average Bonchev–Trinajstić information content (AvgIpc) is 2.59. The number of carbonyl (C=O) groups is 1. The van der Waals surface area contributed by atoms with E-state index in [-0.39, 0.29) is 12.5 Å². The first-order valence-corrected chi connectivity index (χ1v) is 8.38. The summed E-state index contributed by atoms with van der Waals surface area (Å²) in [5.74, 6) is 0.115. The second-order valence-corrected chi connectivity index (χ2v) is 5.78. The average molecular weight is 327 g/mol. The van der Waals surface area contributed by atoms with Gasteiger partial charge in [0.2, 0.25) is 0 Å². The second-order valence-electron chi connectivity index (χ2n) is 5.78. The summed E-state index contributed by atoms with van der Waals surface area (Å²) in [5, 5.41) is 12.4. The van der Waals surface area contributed by atoms with Crippen LogP contribution in [0.15, 0.2) is 54.6 Å². The van der Waals surface area contributed by atoms with Crippen LogP contribution in [0.4, 0.5) is 0 Å². The van der Waals surface area contributed by atoms with Crippen LogP contribution in [0.25, 0.3) is 0 Å². The molecule has 4 nitrogen and oxygen atoms in total. The molecule has 1 atom stereocenters. The number of hydrogen-bond donors (Lipinski definition) is 2. The Labute approximate surface area is 143 Å². The van der Waals surface area contributed by atoms with Crippen molar-refractivity contribution in [1.29, 1.82) is 0 Å². The van der Waals surface area contributed by atoms with Gasteiger partial charge in [0.05, 0.1) is 6.61 Å². The minimum Gasteiger partial charge on any atom is -0.494 e. The molecule has 0 aliphatic heterocycles. The summed E-state index contributed by atoms with van der Waals surface area (Å²) >= 11 is 0. The van der Waals surface area contributed by atoms with E-state index < -0.39 is 5.97 Å². The molecule has 0 aliphatic rings. The molecule has 0 aliphatic carbocycles. The molecule has 0 amide bonds. The van der Waals surface area contributed by atoms with Gasteiger partial charge in [-0.3, -0.25) is 4.79 Å². The van der Waals surface area contributed by atoms with Crippen molar-refractivity contribution < 1.29 is 14.6 Å². The fourth-order valence-electron chi connectivity index (χ4n) is 2.60. The molecule has 0 fully saturated rings. The summed E-state index contributed by atoms with van der Waals surface area (Å²) in [5.41, 5.74) is 2.37. The van der Waals surface area contributed by atoms with Crippen LogP contribution in [0.5, 0.6) is 5.75 Å². The highest BCUT2D eigenvalue weighted by Gasteiger charge is 2.11. The minimum absolute atomic E-state index is 0.134. The topological polar surface area (TPSA) is 58.6 Å². The maximum atomic E-state index is 10.9. The molecular weight excluding hydrogens is 302 g/mol. The van der Waals surface area contributed by atoms with Gasteiger partial charge >= 0.3 is 5.97 Å². The van der Waals surface area contributed by atoms with Crippen LogP contribution in [0.3, 0.4) is 0 Å². The summed E-state index contributed by atoms with van der Waals surface area (Å²) in [7, 11) is 0. The number of ether oxygens (including phenoxy) is 1. The number of nitrogens with one attached hydrogen (secondary N) is 1. The maximum absolute atomic E-state index is 10.9. The number of hydrogen-bond acceptors (Lipinski definition) is 3. The Morgan fingerprint density at radius 1 is 1.08 bits per heavy atom. The number of benzene rings is 2. The quantitative estimate of drug-likeness (QED) is 0.699. The SMILES string of the molecule is CCOc1ccc(CNC(CCC(=O)O)Cc2ccccc2)cc1. The molecule has 0 bridgehead atoms. The molecule has 2 aromatic rings. The van der Waals surface area contributed by atoms with Crippen LogP contribution in [-0.4, -0.2) is 23.7 Å². The fraction of sp³-hybridized carbons (Fsp3) is 0.350. The van der Waals surface area contributed by atoms with Gasteiger partial charge in [-0.05, 0) is 43.0 Å². The molecule has 2 N–H and O–H groups in total. The lowest BCUT2D eigenvalue weighted by atomic mass is 10.0. The van der Waals surface area contributed by atoms with E-state index in [4.69, 9.17) is 9.84 Å². The predicted molar refractivity (Wildman–Crippen MR) is 95.3 cm³/mol. The van der Waals surface area contributed by atoms with Crippen LogP contribution < -0.4 is 10.1 Å². The largest absolute Gasteiger partial charge is 0.494 e. The van der Waals surface area contributed by atoms with E-state index in [0.29, 0.717) is 19.6 Å². The van der Waals surface area contributed by atoms with Crippen molar-refractivity contribution >= 4 is 5.97 Å². The van der Waals surface area contributed by atoms with E-state index in [1.807, 2.05) is 49.4 Å². The van der Waals surface area contributed by atoms with E-state index in [0.717, 1.165) is 17.7 Å². The standard InChI is InChI=1S/C20H25NO3/c1-2-24-19-11-8-17(9-12-19)15-21-18(10-13-20(22)23)14-16-6-4-3-5-7-16/h3-9,11-12,18,21H,2,10,13-15H2,1H3,(H,22,23). The molecule has 4 heteroatoms. The van der Waals surface area contributed by atoms with E-state index in [1.165, 1.54) is 5.56 Å². The number of aliphatic carboxylic acids is 1. The maximum Gasteiger partial charge on any atom is 0.303 e. The number of carboxylic acid groups (broad SMARTS) is 1. The third kappa shape index (κ3) is 6.42. The Morgan fingerprint density at radius 3 is 2.42 bits per heavy atom. The van der Waals surface area contributed by atoms with Crippen molar-refractivity contribution in [1.82, 2.24) is 5.32 Å². The van der Waals surface area contributed by atoms with Crippen LogP contribution in [0, 0.1) is 0 Å². The molecule has 0 saturated carbocycles. The highest BCUT2D eigenvalue weighted by Crippen LogP contribution is 2.13. The molecular formula is C20H25NO3. The molecule has 0 spiro atoms. The van der Waals surface area contributed by atoms with Gasteiger partial charge in [0.25, 0.3) is 0 Å². The van der Waals surface area contributed by atoms with E-state index in [9.17, 15) is 4.79 Å². The Kier molecular flexibility index (Phi) is 7.30. The number of carboxylic acids is 1. The van der Waals surface area contributed by atoms with Crippen LogP contribution in [0.1, 0.15) is 30.9 Å². The lowest BCUT2D eigenvalue weighted by molar-refractivity contribution is -0.137. The molecule has 0 saturated heterocycles. The minimum atomic E-state index is -0.754. The van der Waals surface area contributed by atoms with Crippen LogP contribution >= 0.6 is 0 Å². The lowest BCUT2D eigenvalue weighted by Crippen LogP contribution is -2.31. The second kappa shape index (κ2) is 9.73. The fourth-order valence-corrected chi connectivity index (χ4v) is 2.60. The van der Waals surface area contributed by atoms with Crippen molar-refractivity contribution in [3.05, 3.63) is 65.7 Å². The highest BCUT2D eigenvalue weighted by molar-refractivity contribution is 5.66. The van der Waals surface area contributed by atoms with Gasteiger partial charge in [0, 0.05) is 19.0 Å². The third-order valence-electron chi connectivity index (χ3n) is 3.86. The van der Waals surface area contributed by atoms with Crippen molar-refractivity contribution in [3.8, 4) is 5.75 Å². The zero-order valence-corrected chi connectivity index (χ0v) is 14.1. The molecule has 0 aromatic heterocycles. The van der Waals surface area contributed by atoms with Crippen molar-refractivity contribution in [2.24, 2.45) is 0 Å². The van der Waals surface area contributed by atoms with Crippen LogP contribution in [0.2, 0.25) is 0 Å². The molecule has 2 aromatic carbocycles. The first-order chi connectivity index (χ1) is 11.7. The van der Waals surface area contributed by atoms with Crippen LogP contribution in [-0.2, 0) is 17.8 Å². The van der Waals surface area contributed by atoms with Crippen molar-refractivity contribution in [2.75, 3.05) is 6.61 Å². The van der Waals surface area contributed by atoms with Gasteiger partial charge in [-0.2, -0.15) is 0 Å². The zero-order chi connectivity index (χ0) is 17.2. The third-order valence-corrected chi connectivity index (χ3v) is 3.86. The van der Waals surface area contributed by atoms with Gasteiger partial charge in [-0.15, -0.1) is 0 Å². The monoisotopic (exact) mass is 327 g/mol. The van der Waals surface area contributed by atoms with Gasteiger partial charge in [0.15, 0.2) is 0 Å². The first-order valence-electron chi connectivity index (χ1n) is 8.38. The van der Waals surface area contributed by atoms with Crippen molar-refractivity contribution in [3.63, 3.8) is 0 Å². The summed E-state index contributed by atoms with van der Waals surface area (Å²) in [4.78, 5) is 10.9. The first kappa shape index (κ1) is 18.0. The molecule has 0 heterocycles. The molecule has 24 heavy (non-hydrogen) atoms. The predicted octanol–water partition coefficient (Wildman–Crippen LogP) is 3.65. The Bertz CT molecular complexity index is 611. The Hall–Kier alpha value is -2.33. The molecule has 0 radical (unpaired) electrons. The summed E-state index contributed by atoms with van der Waals surface area (Å²) in [6, 6.07) is 18.3. The van der Waals surface area contributed by atoms with Gasteiger partial charge in [-0.1, -0.05) is 42.5 Å². The Balaban J connectivity index is 1.92. The van der Waals surface area contributed by atoms with Gasteiger partial charge in [-0.25, -0.2) is 0 Å². The smallest absolute Gasteiger partial charge is 0.303 e.